The van der Waals surface area contributed by atoms with Crippen molar-refractivity contribution in [3.63, 3.8) is 0 Å². The molecule has 0 aliphatic carbocycles. The number of rotatable bonds is 4. The lowest BCUT2D eigenvalue weighted by molar-refractivity contribution is 0.192. The van der Waals surface area contributed by atoms with Crippen molar-refractivity contribution in [3.8, 4) is 5.75 Å². The zero-order valence-electron chi connectivity index (χ0n) is 12.6. The summed E-state index contributed by atoms with van der Waals surface area (Å²) < 4.78 is 5.28. The smallest absolute Gasteiger partial charge is 0.318 e. The maximum atomic E-state index is 12.4. The van der Waals surface area contributed by atoms with Gasteiger partial charge in [0, 0.05) is 12.7 Å². The molecule has 2 aromatic rings. The number of amides is 2. The molecule has 1 aromatic carbocycles. The van der Waals surface area contributed by atoms with Crippen LogP contribution in [0.25, 0.3) is 0 Å². The number of nitrogens with one attached hydrogen (secondary N) is 2. The monoisotopic (exact) mass is 300 g/mol. The average molecular weight is 300 g/mol. The van der Waals surface area contributed by atoms with E-state index in [1.807, 2.05) is 35.2 Å². The molecule has 1 aromatic heterocycles. The summed E-state index contributed by atoms with van der Waals surface area (Å²) in [7, 11) is 1.66. The molecule has 2 heterocycles. The predicted molar refractivity (Wildman–Crippen MR) is 82.5 cm³/mol. The largest absolute Gasteiger partial charge is 0.497 e. The van der Waals surface area contributed by atoms with Gasteiger partial charge in [-0.25, -0.2) is 4.79 Å². The first kappa shape index (κ1) is 14.4. The quantitative estimate of drug-likeness (QED) is 0.911. The van der Waals surface area contributed by atoms with E-state index in [1.54, 1.807) is 13.3 Å². The highest BCUT2D eigenvalue weighted by Crippen LogP contribution is 2.33. The maximum Gasteiger partial charge on any atom is 0.318 e. The van der Waals surface area contributed by atoms with Gasteiger partial charge in [0.05, 0.1) is 25.4 Å². The molecular formula is C16H20N4O2. The van der Waals surface area contributed by atoms with Crippen LogP contribution in [-0.2, 0) is 6.54 Å². The molecule has 1 atom stereocenters. The topological polar surface area (TPSA) is 70.2 Å². The van der Waals surface area contributed by atoms with Gasteiger partial charge < -0.3 is 15.0 Å². The van der Waals surface area contributed by atoms with Gasteiger partial charge in [0.2, 0.25) is 0 Å². The lowest BCUT2D eigenvalue weighted by atomic mass is 10.0. The Kier molecular flexibility index (Phi) is 4.27. The van der Waals surface area contributed by atoms with Crippen LogP contribution in [0.4, 0.5) is 4.79 Å². The Balaban J connectivity index is 1.68. The van der Waals surface area contributed by atoms with E-state index in [0.717, 1.165) is 36.4 Å². The summed E-state index contributed by atoms with van der Waals surface area (Å²) in [5.74, 6) is 0.821. The molecule has 116 valence electrons. The van der Waals surface area contributed by atoms with Crippen molar-refractivity contribution in [1.29, 1.82) is 0 Å². The number of likely N-dealkylation sites (tertiary alicyclic amines) is 1. The predicted octanol–water partition coefficient (Wildman–Crippen LogP) is 2.46. The van der Waals surface area contributed by atoms with E-state index in [0.29, 0.717) is 6.54 Å². The fourth-order valence-corrected chi connectivity index (χ4v) is 2.86. The third-order valence-electron chi connectivity index (χ3n) is 3.98. The highest BCUT2D eigenvalue weighted by atomic mass is 16.5. The van der Waals surface area contributed by atoms with Gasteiger partial charge >= 0.3 is 6.03 Å². The summed E-state index contributed by atoms with van der Waals surface area (Å²) in [5.41, 5.74) is 2.01. The molecular weight excluding hydrogens is 280 g/mol. The van der Waals surface area contributed by atoms with Crippen molar-refractivity contribution < 1.29 is 9.53 Å². The van der Waals surface area contributed by atoms with Crippen LogP contribution in [0, 0.1) is 0 Å². The summed E-state index contributed by atoms with van der Waals surface area (Å²) >= 11 is 0. The second-order valence-electron chi connectivity index (χ2n) is 5.37. The molecule has 3 rings (SSSR count). The number of hydrogen-bond donors (Lipinski definition) is 2. The minimum absolute atomic E-state index is 0.0417. The minimum Gasteiger partial charge on any atom is -0.497 e. The van der Waals surface area contributed by atoms with Crippen LogP contribution in [0.3, 0.4) is 0 Å². The first-order valence-electron chi connectivity index (χ1n) is 7.44. The van der Waals surface area contributed by atoms with Crippen LogP contribution in [-0.4, -0.2) is 34.8 Å². The third-order valence-corrected chi connectivity index (χ3v) is 3.98. The first-order valence-corrected chi connectivity index (χ1v) is 7.44. The molecule has 1 aliphatic heterocycles. The number of hydrogen-bond acceptors (Lipinski definition) is 3. The number of urea groups is 1. The molecule has 1 fully saturated rings. The van der Waals surface area contributed by atoms with Crippen molar-refractivity contribution in [2.75, 3.05) is 13.7 Å². The second kappa shape index (κ2) is 6.51. The third kappa shape index (κ3) is 3.05. The summed E-state index contributed by atoms with van der Waals surface area (Å²) in [6.07, 6.45) is 3.67. The standard InChI is InChI=1S/C16H20N4O2/c1-22-14-5-2-4-12(10-14)15-6-3-9-20(15)16(21)17-11-13-7-8-18-19-13/h2,4-5,7-8,10,15H,3,6,9,11H2,1H3,(H,17,21)(H,18,19)/t15-/m0/s1. The molecule has 6 heteroatoms. The van der Waals surface area contributed by atoms with E-state index >= 15 is 0 Å². The van der Waals surface area contributed by atoms with Crippen molar-refractivity contribution in [3.05, 3.63) is 47.8 Å². The van der Waals surface area contributed by atoms with Crippen molar-refractivity contribution >= 4 is 6.03 Å². The van der Waals surface area contributed by atoms with E-state index in [4.69, 9.17) is 4.74 Å². The summed E-state index contributed by atoms with van der Waals surface area (Å²) in [4.78, 5) is 14.3. The molecule has 22 heavy (non-hydrogen) atoms. The highest BCUT2D eigenvalue weighted by Gasteiger charge is 2.30. The summed E-state index contributed by atoms with van der Waals surface area (Å²) in [6, 6.07) is 9.86. The first-order chi connectivity index (χ1) is 10.8. The highest BCUT2D eigenvalue weighted by molar-refractivity contribution is 5.75. The van der Waals surface area contributed by atoms with E-state index < -0.39 is 0 Å². The van der Waals surface area contributed by atoms with E-state index in [2.05, 4.69) is 15.5 Å². The molecule has 0 spiro atoms. The molecule has 0 bridgehead atoms. The van der Waals surface area contributed by atoms with E-state index in [-0.39, 0.29) is 12.1 Å². The summed E-state index contributed by atoms with van der Waals surface area (Å²) in [5, 5.41) is 9.66. The number of H-pyrrole nitrogens is 1. The number of carbonyl (C=O) groups excluding carboxylic acids is 1. The fraction of sp³-hybridized carbons (Fsp3) is 0.375. The Morgan fingerprint density at radius 3 is 3.18 bits per heavy atom. The number of ether oxygens (including phenoxy) is 1. The molecule has 2 amide bonds. The van der Waals surface area contributed by atoms with Gasteiger partial charge in [-0.15, -0.1) is 0 Å². The van der Waals surface area contributed by atoms with Gasteiger partial charge in [-0.05, 0) is 36.6 Å². The number of aromatic amines is 1. The number of methoxy groups -OCH3 is 1. The lowest BCUT2D eigenvalue weighted by Gasteiger charge is -2.25. The van der Waals surface area contributed by atoms with Crippen LogP contribution in [0.2, 0.25) is 0 Å². The van der Waals surface area contributed by atoms with Crippen molar-refractivity contribution in [1.82, 2.24) is 20.4 Å². The van der Waals surface area contributed by atoms with Gasteiger partial charge in [0.25, 0.3) is 0 Å². The van der Waals surface area contributed by atoms with Gasteiger partial charge in [0.15, 0.2) is 0 Å². The molecule has 1 aliphatic rings. The molecule has 0 radical (unpaired) electrons. The Labute approximate surface area is 129 Å². The van der Waals surface area contributed by atoms with Gasteiger partial charge in [-0.1, -0.05) is 12.1 Å². The zero-order chi connectivity index (χ0) is 15.4. The van der Waals surface area contributed by atoms with Gasteiger partial charge in [0.1, 0.15) is 5.75 Å². The molecule has 1 saturated heterocycles. The van der Waals surface area contributed by atoms with Crippen LogP contribution in [0.5, 0.6) is 5.75 Å². The molecule has 0 unspecified atom stereocenters. The fourth-order valence-electron chi connectivity index (χ4n) is 2.86. The Morgan fingerprint density at radius 2 is 2.41 bits per heavy atom. The van der Waals surface area contributed by atoms with Gasteiger partial charge in [-0.2, -0.15) is 5.10 Å². The molecule has 0 saturated carbocycles. The minimum atomic E-state index is -0.0417. The number of carbonyl (C=O) groups is 1. The van der Waals surface area contributed by atoms with E-state index in [9.17, 15) is 4.79 Å². The maximum absolute atomic E-state index is 12.4. The Morgan fingerprint density at radius 1 is 1.50 bits per heavy atom. The lowest BCUT2D eigenvalue weighted by Crippen LogP contribution is -2.39. The van der Waals surface area contributed by atoms with Crippen LogP contribution in [0.1, 0.15) is 30.1 Å². The normalized spacial score (nSPS) is 17.5. The van der Waals surface area contributed by atoms with Crippen molar-refractivity contribution in [2.45, 2.75) is 25.4 Å². The van der Waals surface area contributed by atoms with Crippen LogP contribution < -0.4 is 10.1 Å². The molecule has 6 nitrogen and oxygen atoms in total. The Bertz CT molecular complexity index is 627. The SMILES string of the molecule is COc1cccc([C@@H]2CCCN2C(=O)NCc2ccn[nH]2)c1. The van der Waals surface area contributed by atoms with Crippen molar-refractivity contribution in [2.24, 2.45) is 0 Å². The Hall–Kier alpha value is -2.50. The van der Waals surface area contributed by atoms with E-state index in [1.165, 1.54) is 0 Å². The average Bonchev–Trinajstić information content (AvgIpc) is 3.24. The van der Waals surface area contributed by atoms with Gasteiger partial charge in [-0.3, -0.25) is 5.10 Å². The van der Waals surface area contributed by atoms with Crippen LogP contribution >= 0.6 is 0 Å². The second-order valence-corrected chi connectivity index (χ2v) is 5.37. The zero-order valence-corrected chi connectivity index (χ0v) is 12.6. The number of aromatic nitrogens is 2. The number of nitrogens with zero attached hydrogens (tertiary/aromatic N) is 2. The van der Waals surface area contributed by atoms with Crippen LogP contribution in [0.15, 0.2) is 36.5 Å². The molecule has 2 N–H and O–H groups in total. The number of benzene rings is 1. The summed E-state index contributed by atoms with van der Waals surface area (Å²) in [6.45, 7) is 1.23.